The number of ketones is 1. The van der Waals surface area contributed by atoms with Crippen LogP contribution >= 0.6 is 7.26 Å². The number of unbranched alkanes of at least 4 members (excludes halogenated alkanes) is 1. The summed E-state index contributed by atoms with van der Waals surface area (Å²) in [5.74, 6) is 0.827. The van der Waals surface area contributed by atoms with Crippen molar-refractivity contribution in [3.05, 3.63) is 91.0 Å². The van der Waals surface area contributed by atoms with Crippen LogP contribution in [0.1, 0.15) is 38.5 Å². The molecule has 0 amide bonds. The minimum atomic E-state index is -1.71. The molecule has 30 heavy (non-hydrogen) atoms. The first kappa shape index (κ1) is 22.9. The fraction of sp³-hybridized carbons (Fsp3) is 0.296. The van der Waals surface area contributed by atoms with E-state index in [4.69, 9.17) is 0 Å². The number of carbonyl (C=O) groups is 1. The first-order valence-corrected chi connectivity index (χ1v) is 12.9. The first-order valence-electron chi connectivity index (χ1n) is 10.9. The Labute approximate surface area is 192 Å². The number of hydrogen-bond acceptors (Lipinski definition) is 1. The summed E-state index contributed by atoms with van der Waals surface area (Å²) in [5.41, 5.74) is 0. The van der Waals surface area contributed by atoms with Gasteiger partial charge in [0.1, 0.15) is 29.0 Å². The van der Waals surface area contributed by atoms with Gasteiger partial charge in [0.15, 0.2) is 0 Å². The third-order valence-electron chi connectivity index (χ3n) is 6.32. The van der Waals surface area contributed by atoms with E-state index in [1.54, 1.807) is 0 Å². The van der Waals surface area contributed by atoms with Crippen LogP contribution in [-0.4, -0.2) is 11.9 Å². The summed E-state index contributed by atoms with van der Waals surface area (Å²) in [6, 6.07) is 33.3. The molecular weight excluding hydrogens is 451 g/mol. The number of carbonyl (C=O) groups excluding carboxylic acids is 1. The molecule has 1 saturated carbocycles. The molecule has 3 aromatic rings. The van der Waals surface area contributed by atoms with Crippen LogP contribution in [0.2, 0.25) is 0 Å². The Morgan fingerprint density at radius 2 is 1.17 bits per heavy atom. The SMILES string of the molecule is O=C1CCCC1CCCC[P+](c1ccccc1)(c1ccccc1)c1ccccc1.[Br-]. The van der Waals surface area contributed by atoms with Gasteiger partial charge in [0.25, 0.3) is 0 Å². The maximum absolute atomic E-state index is 12.0. The molecule has 0 bridgehead atoms. The predicted molar refractivity (Wildman–Crippen MR) is 126 cm³/mol. The molecule has 1 nitrogen and oxygen atoms in total. The maximum Gasteiger partial charge on any atom is 0.135 e. The molecule has 0 aromatic heterocycles. The van der Waals surface area contributed by atoms with Crippen molar-refractivity contribution in [1.29, 1.82) is 0 Å². The molecule has 1 atom stereocenters. The zero-order chi connectivity index (χ0) is 19.9. The van der Waals surface area contributed by atoms with Gasteiger partial charge in [-0.1, -0.05) is 54.6 Å². The summed E-state index contributed by atoms with van der Waals surface area (Å²) >= 11 is 0. The zero-order valence-corrected chi connectivity index (χ0v) is 19.9. The van der Waals surface area contributed by atoms with Crippen molar-refractivity contribution in [3.63, 3.8) is 0 Å². The zero-order valence-electron chi connectivity index (χ0n) is 17.4. The van der Waals surface area contributed by atoms with E-state index in [1.165, 1.54) is 15.9 Å². The molecule has 0 saturated heterocycles. The molecule has 156 valence electrons. The van der Waals surface area contributed by atoms with E-state index < -0.39 is 7.26 Å². The van der Waals surface area contributed by atoms with E-state index in [-0.39, 0.29) is 17.0 Å². The Kier molecular flexibility index (Phi) is 8.42. The number of hydrogen-bond donors (Lipinski definition) is 0. The van der Waals surface area contributed by atoms with E-state index in [1.807, 2.05) is 0 Å². The second-order valence-corrected chi connectivity index (χ2v) is 11.7. The molecule has 0 heterocycles. The quantitative estimate of drug-likeness (QED) is 0.357. The summed E-state index contributed by atoms with van der Waals surface area (Å²) in [6.45, 7) is 0. The van der Waals surface area contributed by atoms with Gasteiger partial charge in [-0.15, -0.1) is 0 Å². The Morgan fingerprint density at radius 1 is 0.700 bits per heavy atom. The van der Waals surface area contributed by atoms with Crippen molar-refractivity contribution in [1.82, 2.24) is 0 Å². The highest BCUT2D eigenvalue weighted by atomic mass is 79.9. The van der Waals surface area contributed by atoms with E-state index in [0.29, 0.717) is 11.7 Å². The highest BCUT2D eigenvalue weighted by Gasteiger charge is 2.44. The first-order chi connectivity index (χ1) is 14.3. The van der Waals surface area contributed by atoms with Gasteiger partial charge in [-0.2, -0.15) is 0 Å². The van der Waals surface area contributed by atoms with Crippen LogP contribution in [-0.2, 0) is 4.79 Å². The fourth-order valence-electron chi connectivity index (χ4n) is 4.81. The highest BCUT2D eigenvalue weighted by molar-refractivity contribution is 7.95. The van der Waals surface area contributed by atoms with Gasteiger partial charge in [-0.05, 0) is 68.5 Å². The molecule has 1 aliphatic carbocycles. The lowest BCUT2D eigenvalue weighted by Crippen LogP contribution is -3.00. The second kappa shape index (κ2) is 11.0. The van der Waals surface area contributed by atoms with E-state index in [0.717, 1.165) is 44.7 Å². The fourth-order valence-corrected chi connectivity index (χ4v) is 9.23. The molecule has 4 rings (SSSR count). The molecule has 1 aliphatic rings. The number of rotatable bonds is 8. The molecule has 0 spiro atoms. The summed E-state index contributed by atoms with van der Waals surface area (Å²) in [5, 5.41) is 4.36. The van der Waals surface area contributed by atoms with Crippen LogP contribution < -0.4 is 32.9 Å². The van der Waals surface area contributed by atoms with Crippen LogP contribution in [0.4, 0.5) is 0 Å². The summed E-state index contributed by atoms with van der Waals surface area (Å²) < 4.78 is 0. The maximum atomic E-state index is 12.0. The Morgan fingerprint density at radius 3 is 1.57 bits per heavy atom. The molecule has 3 aromatic carbocycles. The minimum Gasteiger partial charge on any atom is -1.00 e. The number of Topliss-reactive ketones (excluding diaryl/α,β-unsaturated/α-hetero) is 1. The third kappa shape index (κ3) is 4.93. The lowest BCUT2D eigenvalue weighted by molar-refractivity contribution is -0.120. The van der Waals surface area contributed by atoms with Crippen LogP contribution in [0, 0.1) is 5.92 Å². The molecule has 0 aliphatic heterocycles. The van der Waals surface area contributed by atoms with E-state index in [2.05, 4.69) is 91.0 Å². The Balaban J connectivity index is 0.00000256. The highest BCUT2D eigenvalue weighted by Crippen LogP contribution is 2.56. The van der Waals surface area contributed by atoms with Crippen LogP contribution in [0.5, 0.6) is 0 Å². The van der Waals surface area contributed by atoms with Crippen LogP contribution in [0.3, 0.4) is 0 Å². The van der Waals surface area contributed by atoms with Crippen molar-refractivity contribution in [2.45, 2.75) is 38.5 Å². The third-order valence-corrected chi connectivity index (χ3v) is 10.8. The van der Waals surface area contributed by atoms with Crippen molar-refractivity contribution < 1.29 is 21.8 Å². The monoisotopic (exact) mass is 480 g/mol. The van der Waals surface area contributed by atoms with Crippen molar-refractivity contribution in [2.24, 2.45) is 5.92 Å². The average Bonchev–Trinajstić information content (AvgIpc) is 3.20. The molecule has 0 radical (unpaired) electrons. The van der Waals surface area contributed by atoms with E-state index in [9.17, 15) is 4.79 Å². The second-order valence-electron chi connectivity index (χ2n) is 8.09. The van der Waals surface area contributed by atoms with Gasteiger partial charge >= 0.3 is 0 Å². The molecule has 1 unspecified atom stereocenters. The standard InChI is InChI=1S/C27H30OP.BrH/c28-27-21-12-14-23(27)13-10-11-22-29(24-15-4-1-5-16-24,25-17-6-2-7-18-25)26-19-8-3-9-20-26;/h1-9,15-20,23H,10-14,21-22H2;1H/q+1;/p-1. The Bertz CT molecular complexity index is 815. The number of benzene rings is 3. The summed E-state index contributed by atoms with van der Waals surface area (Å²) in [7, 11) is -1.71. The molecular formula is C27H30BrOP. The van der Waals surface area contributed by atoms with Crippen molar-refractivity contribution >= 4 is 29.0 Å². The molecule has 1 fully saturated rings. The van der Waals surface area contributed by atoms with Gasteiger partial charge in [0.2, 0.25) is 0 Å². The molecule has 3 heteroatoms. The van der Waals surface area contributed by atoms with E-state index >= 15 is 0 Å². The van der Waals surface area contributed by atoms with Gasteiger partial charge in [0.05, 0.1) is 6.16 Å². The average molecular weight is 481 g/mol. The lowest BCUT2D eigenvalue weighted by atomic mass is 10.0. The largest absolute Gasteiger partial charge is 1.00 e. The van der Waals surface area contributed by atoms with Crippen molar-refractivity contribution in [2.75, 3.05) is 6.16 Å². The van der Waals surface area contributed by atoms with Gasteiger partial charge < -0.3 is 17.0 Å². The van der Waals surface area contributed by atoms with Gasteiger partial charge in [-0.25, -0.2) is 0 Å². The van der Waals surface area contributed by atoms with Crippen LogP contribution in [0.15, 0.2) is 91.0 Å². The number of halogens is 1. The smallest absolute Gasteiger partial charge is 0.135 e. The molecule has 0 N–H and O–H groups in total. The lowest BCUT2D eigenvalue weighted by Gasteiger charge is -2.28. The van der Waals surface area contributed by atoms with Gasteiger partial charge in [0, 0.05) is 12.3 Å². The predicted octanol–water partition coefficient (Wildman–Crippen LogP) is 2.52. The van der Waals surface area contributed by atoms with Crippen LogP contribution in [0.25, 0.3) is 0 Å². The summed E-state index contributed by atoms with van der Waals surface area (Å²) in [6.07, 6.45) is 7.54. The summed E-state index contributed by atoms with van der Waals surface area (Å²) in [4.78, 5) is 12.0. The van der Waals surface area contributed by atoms with Gasteiger partial charge in [-0.3, -0.25) is 4.79 Å². The normalized spacial score (nSPS) is 16.3. The Hall–Kier alpha value is -1.76. The van der Waals surface area contributed by atoms with Crippen molar-refractivity contribution in [3.8, 4) is 0 Å². The topological polar surface area (TPSA) is 17.1 Å². The minimum absolute atomic E-state index is 0.